The van der Waals surface area contributed by atoms with Crippen LogP contribution in [0.4, 0.5) is 0 Å². The second-order valence-electron chi connectivity index (χ2n) is 2.29. The minimum Gasteiger partial charge on any atom is -0.393 e. The minimum atomic E-state index is -0.195. The molecule has 1 rings (SSSR count). The number of aliphatic hydroxyl groups is 1. The van der Waals surface area contributed by atoms with Crippen molar-refractivity contribution in [2.75, 3.05) is 0 Å². The van der Waals surface area contributed by atoms with Gasteiger partial charge >= 0.3 is 0 Å². The van der Waals surface area contributed by atoms with Crippen LogP contribution in [0.5, 0.6) is 0 Å². The van der Waals surface area contributed by atoms with E-state index in [1.807, 2.05) is 0 Å². The summed E-state index contributed by atoms with van der Waals surface area (Å²) in [4.78, 5) is 0. The quantitative estimate of drug-likeness (QED) is 0.499. The smallest absolute Gasteiger partial charge is 0.0656 e. The topological polar surface area (TPSA) is 44.0 Å². The molecule has 0 aromatic rings. The van der Waals surface area contributed by atoms with Gasteiger partial charge in [-0.1, -0.05) is 0 Å². The zero-order valence-electron chi connectivity index (χ0n) is 4.67. The maximum absolute atomic E-state index is 8.88. The Morgan fingerprint density at radius 1 is 1.50 bits per heavy atom. The average molecular weight is 111 g/mol. The summed E-state index contributed by atoms with van der Waals surface area (Å²) in [5.41, 5.74) is 0. The molecule has 1 saturated carbocycles. The zero-order chi connectivity index (χ0) is 5.98. The van der Waals surface area contributed by atoms with E-state index in [4.69, 9.17) is 10.4 Å². The lowest BCUT2D eigenvalue weighted by molar-refractivity contribution is 0.180. The lowest BCUT2D eigenvalue weighted by Gasteiger charge is -1.94. The summed E-state index contributed by atoms with van der Waals surface area (Å²) in [7, 11) is 0. The molecule has 0 amide bonds. The van der Waals surface area contributed by atoms with E-state index in [1.165, 1.54) is 0 Å². The van der Waals surface area contributed by atoms with E-state index in [0.717, 1.165) is 12.8 Å². The highest BCUT2D eigenvalue weighted by Crippen LogP contribution is 2.23. The third-order valence-electron chi connectivity index (χ3n) is 1.59. The van der Waals surface area contributed by atoms with Crippen LogP contribution in [0.2, 0.25) is 0 Å². The summed E-state index contributed by atoms with van der Waals surface area (Å²) < 4.78 is 0. The Hall–Kier alpha value is -0.550. The number of rotatable bonds is 0. The SMILES string of the molecule is N#C[C@@H]1CC[C@H](O)C1. The molecule has 44 valence electrons. The number of hydrogen-bond donors (Lipinski definition) is 1. The summed E-state index contributed by atoms with van der Waals surface area (Å²) in [5, 5.41) is 17.2. The molecule has 2 atom stereocenters. The molecule has 0 aromatic heterocycles. The van der Waals surface area contributed by atoms with Gasteiger partial charge in [-0.25, -0.2) is 0 Å². The van der Waals surface area contributed by atoms with E-state index in [-0.39, 0.29) is 12.0 Å². The number of hydrogen-bond acceptors (Lipinski definition) is 2. The second-order valence-corrected chi connectivity index (χ2v) is 2.29. The van der Waals surface area contributed by atoms with Crippen molar-refractivity contribution < 1.29 is 5.11 Å². The molecule has 1 aliphatic rings. The van der Waals surface area contributed by atoms with Crippen LogP contribution in [-0.2, 0) is 0 Å². The summed E-state index contributed by atoms with van der Waals surface area (Å²) in [5.74, 6) is 0.130. The van der Waals surface area contributed by atoms with Gasteiger partial charge in [0, 0.05) is 5.92 Å². The van der Waals surface area contributed by atoms with Crippen LogP contribution in [0.3, 0.4) is 0 Å². The molecule has 0 radical (unpaired) electrons. The van der Waals surface area contributed by atoms with Gasteiger partial charge in [-0.3, -0.25) is 0 Å². The molecule has 2 nitrogen and oxygen atoms in total. The Kier molecular flexibility index (Phi) is 1.50. The molecular weight excluding hydrogens is 102 g/mol. The molecule has 1 N–H and O–H groups in total. The third kappa shape index (κ3) is 0.988. The van der Waals surface area contributed by atoms with Crippen LogP contribution in [0.15, 0.2) is 0 Å². The first-order chi connectivity index (χ1) is 3.83. The minimum absolute atomic E-state index is 0.130. The van der Waals surface area contributed by atoms with Gasteiger partial charge < -0.3 is 5.11 Å². The maximum atomic E-state index is 8.88. The molecule has 0 heterocycles. The first kappa shape index (κ1) is 5.58. The van der Waals surface area contributed by atoms with Crippen LogP contribution in [-0.4, -0.2) is 11.2 Å². The van der Waals surface area contributed by atoms with E-state index < -0.39 is 0 Å². The van der Waals surface area contributed by atoms with Gasteiger partial charge in [0.25, 0.3) is 0 Å². The van der Waals surface area contributed by atoms with Crippen LogP contribution in [0.25, 0.3) is 0 Å². The van der Waals surface area contributed by atoms with E-state index in [1.54, 1.807) is 0 Å². The van der Waals surface area contributed by atoms with Crippen LogP contribution >= 0.6 is 0 Å². The normalized spacial score (nSPS) is 37.0. The van der Waals surface area contributed by atoms with Gasteiger partial charge in [0.1, 0.15) is 0 Å². The fourth-order valence-electron chi connectivity index (χ4n) is 1.07. The molecule has 0 saturated heterocycles. The Balaban J connectivity index is 2.35. The molecule has 8 heavy (non-hydrogen) atoms. The van der Waals surface area contributed by atoms with Gasteiger partial charge in [0.15, 0.2) is 0 Å². The van der Waals surface area contributed by atoms with Crippen molar-refractivity contribution in [1.29, 1.82) is 5.26 Å². The van der Waals surface area contributed by atoms with E-state index in [2.05, 4.69) is 6.07 Å². The molecule has 1 fully saturated rings. The van der Waals surface area contributed by atoms with E-state index >= 15 is 0 Å². The van der Waals surface area contributed by atoms with Crippen LogP contribution in [0, 0.1) is 17.2 Å². The number of aliphatic hydroxyl groups excluding tert-OH is 1. The maximum Gasteiger partial charge on any atom is 0.0656 e. The molecule has 0 unspecified atom stereocenters. The van der Waals surface area contributed by atoms with Gasteiger partial charge in [-0.15, -0.1) is 0 Å². The van der Waals surface area contributed by atoms with Crippen molar-refractivity contribution in [3.8, 4) is 6.07 Å². The standard InChI is InChI=1S/C6H9NO/c7-4-5-1-2-6(8)3-5/h5-6,8H,1-3H2/t5-,6+/m1/s1. The van der Waals surface area contributed by atoms with Crippen molar-refractivity contribution in [3.05, 3.63) is 0 Å². The highest BCUT2D eigenvalue weighted by atomic mass is 16.3. The van der Waals surface area contributed by atoms with Gasteiger partial charge in [0.2, 0.25) is 0 Å². The van der Waals surface area contributed by atoms with E-state index in [9.17, 15) is 0 Å². The van der Waals surface area contributed by atoms with E-state index in [0.29, 0.717) is 6.42 Å². The highest BCUT2D eigenvalue weighted by molar-refractivity contribution is 4.89. The Bertz CT molecular complexity index is 116. The molecular formula is C6H9NO. The fourth-order valence-corrected chi connectivity index (χ4v) is 1.07. The molecule has 0 bridgehead atoms. The van der Waals surface area contributed by atoms with Crippen molar-refractivity contribution in [2.45, 2.75) is 25.4 Å². The first-order valence-electron chi connectivity index (χ1n) is 2.90. The number of nitriles is 1. The molecule has 0 aliphatic heterocycles. The summed E-state index contributed by atoms with van der Waals surface area (Å²) in [6, 6.07) is 2.13. The van der Waals surface area contributed by atoms with Gasteiger partial charge in [-0.2, -0.15) is 5.26 Å². The fraction of sp³-hybridized carbons (Fsp3) is 0.833. The first-order valence-corrected chi connectivity index (χ1v) is 2.90. The monoisotopic (exact) mass is 111 g/mol. The van der Waals surface area contributed by atoms with Crippen molar-refractivity contribution in [1.82, 2.24) is 0 Å². The Labute approximate surface area is 48.7 Å². The van der Waals surface area contributed by atoms with Crippen LogP contribution < -0.4 is 0 Å². The second kappa shape index (κ2) is 2.15. The molecule has 2 heteroatoms. The zero-order valence-corrected chi connectivity index (χ0v) is 4.67. The van der Waals surface area contributed by atoms with Crippen molar-refractivity contribution in [3.63, 3.8) is 0 Å². The molecule has 1 aliphatic carbocycles. The Morgan fingerprint density at radius 3 is 2.50 bits per heavy atom. The predicted molar refractivity (Wildman–Crippen MR) is 29.0 cm³/mol. The van der Waals surface area contributed by atoms with Gasteiger partial charge in [-0.05, 0) is 19.3 Å². The predicted octanol–water partition coefficient (Wildman–Crippen LogP) is 0.671. The summed E-state index contributed by atoms with van der Waals surface area (Å²) in [6.07, 6.45) is 2.20. The highest BCUT2D eigenvalue weighted by Gasteiger charge is 2.21. The average Bonchev–Trinajstić information content (AvgIpc) is 2.14. The van der Waals surface area contributed by atoms with Gasteiger partial charge in [0.05, 0.1) is 12.2 Å². The van der Waals surface area contributed by atoms with Crippen molar-refractivity contribution in [2.24, 2.45) is 5.92 Å². The lowest BCUT2D eigenvalue weighted by Crippen LogP contribution is -1.97. The largest absolute Gasteiger partial charge is 0.393 e. The van der Waals surface area contributed by atoms with Crippen LogP contribution in [0.1, 0.15) is 19.3 Å². The number of nitrogens with zero attached hydrogens (tertiary/aromatic N) is 1. The van der Waals surface area contributed by atoms with Crippen molar-refractivity contribution >= 4 is 0 Å². The third-order valence-corrected chi connectivity index (χ3v) is 1.59. The molecule has 0 spiro atoms. The molecule has 0 aromatic carbocycles. The summed E-state index contributed by atoms with van der Waals surface area (Å²) in [6.45, 7) is 0. The lowest BCUT2D eigenvalue weighted by atomic mass is 10.1. The summed E-state index contributed by atoms with van der Waals surface area (Å²) >= 11 is 0. The Morgan fingerprint density at radius 2 is 2.25 bits per heavy atom.